The van der Waals surface area contributed by atoms with Gasteiger partial charge >= 0.3 is 0 Å². The minimum absolute atomic E-state index is 0.657. The molecule has 3 unspecified atom stereocenters. The summed E-state index contributed by atoms with van der Waals surface area (Å²) in [6.07, 6.45) is 5.05. The average Bonchev–Trinajstić information content (AvgIpc) is 2.37. The number of nitrogens with zero attached hydrogens (tertiary/aromatic N) is 1. The summed E-state index contributed by atoms with van der Waals surface area (Å²) < 4.78 is 5.49. The van der Waals surface area contributed by atoms with Crippen LogP contribution in [0.25, 0.3) is 0 Å². The maximum Gasteiger partial charge on any atom is 0.0469 e. The van der Waals surface area contributed by atoms with Gasteiger partial charge in [0.05, 0.1) is 0 Å². The van der Waals surface area contributed by atoms with Gasteiger partial charge in [-0.2, -0.15) is 0 Å². The Hall–Kier alpha value is -0.120. The van der Waals surface area contributed by atoms with Crippen LogP contribution in [0, 0.1) is 5.92 Å². The SMILES string of the molecule is CC1CCN(C(C)C2CCOCC2)CCC(C)N1. The molecule has 0 amide bonds. The van der Waals surface area contributed by atoms with Crippen molar-refractivity contribution in [3.05, 3.63) is 0 Å². The van der Waals surface area contributed by atoms with E-state index in [2.05, 4.69) is 31.0 Å². The Kier molecular flexibility index (Phi) is 5.46. The van der Waals surface area contributed by atoms with Gasteiger partial charge in [0.25, 0.3) is 0 Å². The summed E-state index contributed by atoms with van der Waals surface area (Å²) in [6.45, 7) is 11.5. The Morgan fingerprint density at radius 2 is 1.56 bits per heavy atom. The van der Waals surface area contributed by atoms with Crippen LogP contribution in [-0.4, -0.2) is 49.3 Å². The van der Waals surface area contributed by atoms with Crippen molar-refractivity contribution < 1.29 is 4.74 Å². The number of ether oxygens (including phenoxy) is 1. The molecule has 3 atom stereocenters. The van der Waals surface area contributed by atoms with Crippen molar-refractivity contribution in [1.29, 1.82) is 0 Å². The molecule has 0 aromatic carbocycles. The van der Waals surface area contributed by atoms with Crippen molar-refractivity contribution in [3.8, 4) is 0 Å². The molecule has 3 heteroatoms. The zero-order chi connectivity index (χ0) is 13.0. The van der Waals surface area contributed by atoms with E-state index in [1.807, 2.05) is 0 Å². The quantitative estimate of drug-likeness (QED) is 0.818. The molecule has 1 N–H and O–H groups in total. The second kappa shape index (κ2) is 6.88. The van der Waals surface area contributed by atoms with Gasteiger partial charge in [0.15, 0.2) is 0 Å². The molecular formula is C15H30N2O. The van der Waals surface area contributed by atoms with E-state index in [0.29, 0.717) is 12.1 Å². The van der Waals surface area contributed by atoms with E-state index in [1.54, 1.807) is 0 Å². The van der Waals surface area contributed by atoms with Crippen molar-refractivity contribution in [2.75, 3.05) is 26.3 Å². The largest absolute Gasteiger partial charge is 0.381 e. The van der Waals surface area contributed by atoms with Crippen LogP contribution in [0.15, 0.2) is 0 Å². The molecule has 0 bridgehead atoms. The molecule has 106 valence electrons. The molecule has 2 aliphatic heterocycles. The average molecular weight is 254 g/mol. The lowest BCUT2D eigenvalue weighted by atomic mass is 9.91. The second-order valence-electron chi connectivity index (χ2n) is 6.27. The summed E-state index contributed by atoms with van der Waals surface area (Å²) in [5, 5.41) is 3.67. The van der Waals surface area contributed by atoms with Crippen molar-refractivity contribution >= 4 is 0 Å². The van der Waals surface area contributed by atoms with E-state index in [4.69, 9.17) is 4.74 Å². The highest BCUT2D eigenvalue weighted by molar-refractivity contribution is 4.82. The molecule has 3 nitrogen and oxygen atoms in total. The van der Waals surface area contributed by atoms with Gasteiger partial charge in [-0.05, 0) is 65.5 Å². The first-order chi connectivity index (χ1) is 8.66. The van der Waals surface area contributed by atoms with Crippen LogP contribution in [-0.2, 0) is 4.74 Å². The summed E-state index contributed by atoms with van der Waals surface area (Å²) >= 11 is 0. The summed E-state index contributed by atoms with van der Waals surface area (Å²) in [6, 6.07) is 2.04. The Bertz CT molecular complexity index is 229. The van der Waals surface area contributed by atoms with Crippen LogP contribution in [0.3, 0.4) is 0 Å². The number of hydrogen-bond donors (Lipinski definition) is 1. The summed E-state index contributed by atoms with van der Waals surface area (Å²) in [5.74, 6) is 0.844. The standard InChI is InChI=1S/C15H30N2O/c1-12-4-8-17(9-5-13(2)16-12)14(3)15-6-10-18-11-7-15/h12-16H,4-11H2,1-3H3. The van der Waals surface area contributed by atoms with E-state index in [1.165, 1.54) is 38.8 Å². The zero-order valence-corrected chi connectivity index (χ0v) is 12.3. The molecular weight excluding hydrogens is 224 g/mol. The van der Waals surface area contributed by atoms with E-state index in [0.717, 1.165) is 25.2 Å². The minimum Gasteiger partial charge on any atom is -0.381 e. The molecule has 2 aliphatic rings. The second-order valence-corrected chi connectivity index (χ2v) is 6.27. The first-order valence-corrected chi connectivity index (χ1v) is 7.74. The lowest BCUT2D eigenvalue weighted by Gasteiger charge is -2.39. The third kappa shape index (κ3) is 3.94. The van der Waals surface area contributed by atoms with Crippen molar-refractivity contribution in [3.63, 3.8) is 0 Å². The molecule has 2 heterocycles. The fourth-order valence-corrected chi connectivity index (χ4v) is 3.39. The highest BCUT2D eigenvalue weighted by Crippen LogP contribution is 2.24. The molecule has 0 saturated carbocycles. The van der Waals surface area contributed by atoms with E-state index >= 15 is 0 Å². The molecule has 18 heavy (non-hydrogen) atoms. The molecule has 0 spiro atoms. The molecule has 2 rings (SSSR count). The van der Waals surface area contributed by atoms with Crippen molar-refractivity contribution in [2.45, 2.75) is 64.6 Å². The molecule has 0 radical (unpaired) electrons. The number of hydrogen-bond acceptors (Lipinski definition) is 3. The maximum atomic E-state index is 5.49. The smallest absolute Gasteiger partial charge is 0.0469 e. The zero-order valence-electron chi connectivity index (χ0n) is 12.3. The van der Waals surface area contributed by atoms with Gasteiger partial charge in [-0.25, -0.2) is 0 Å². The van der Waals surface area contributed by atoms with Crippen LogP contribution < -0.4 is 5.32 Å². The number of nitrogens with one attached hydrogen (secondary N) is 1. The number of rotatable bonds is 2. The van der Waals surface area contributed by atoms with Gasteiger partial charge in [0, 0.05) is 31.3 Å². The third-order valence-corrected chi connectivity index (χ3v) is 4.79. The van der Waals surface area contributed by atoms with Crippen molar-refractivity contribution in [1.82, 2.24) is 10.2 Å². The maximum absolute atomic E-state index is 5.49. The lowest BCUT2D eigenvalue weighted by Crippen LogP contribution is -2.48. The van der Waals surface area contributed by atoms with Crippen LogP contribution in [0.1, 0.15) is 46.5 Å². The van der Waals surface area contributed by atoms with E-state index in [9.17, 15) is 0 Å². The Balaban J connectivity index is 1.88. The Morgan fingerprint density at radius 3 is 2.11 bits per heavy atom. The van der Waals surface area contributed by atoms with Crippen LogP contribution in [0.2, 0.25) is 0 Å². The predicted molar refractivity (Wildman–Crippen MR) is 75.9 cm³/mol. The topological polar surface area (TPSA) is 24.5 Å². The first-order valence-electron chi connectivity index (χ1n) is 7.74. The van der Waals surface area contributed by atoms with Gasteiger partial charge in [0.2, 0.25) is 0 Å². The van der Waals surface area contributed by atoms with Gasteiger partial charge in [-0.1, -0.05) is 0 Å². The predicted octanol–water partition coefficient (Wildman–Crippen LogP) is 2.26. The molecule has 2 fully saturated rings. The minimum atomic E-state index is 0.657. The van der Waals surface area contributed by atoms with Gasteiger partial charge in [-0.15, -0.1) is 0 Å². The van der Waals surface area contributed by atoms with E-state index in [-0.39, 0.29) is 0 Å². The van der Waals surface area contributed by atoms with Gasteiger partial charge < -0.3 is 15.0 Å². The molecule has 0 aromatic rings. The summed E-state index contributed by atoms with van der Waals surface area (Å²) in [7, 11) is 0. The van der Waals surface area contributed by atoms with Gasteiger partial charge in [0.1, 0.15) is 0 Å². The fraction of sp³-hybridized carbons (Fsp3) is 1.00. The van der Waals surface area contributed by atoms with Crippen LogP contribution in [0.4, 0.5) is 0 Å². The van der Waals surface area contributed by atoms with Gasteiger partial charge in [-0.3, -0.25) is 0 Å². The molecule has 0 aliphatic carbocycles. The summed E-state index contributed by atoms with van der Waals surface area (Å²) in [4.78, 5) is 2.73. The molecule has 0 aromatic heterocycles. The molecule has 2 saturated heterocycles. The first kappa shape index (κ1) is 14.3. The highest BCUT2D eigenvalue weighted by atomic mass is 16.5. The monoisotopic (exact) mass is 254 g/mol. The normalized spacial score (nSPS) is 34.8. The van der Waals surface area contributed by atoms with Crippen molar-refractivity contribution in [2.24, 2.45) is 5.92 Å². The van der Waals surface area contributed by atoms with E-state index < -0.39 is 0 Å². The third-order valence-electron chi connectivity index (χ3n) is 4.79. The lowest BCUT2D eigenvalue weighted by molar-refractivity contribution is 0.0266. The highest BCUT2D eigenvalue weighted by Gasteiger charge is 2.27. The fourth-order valence-electron chi connectivity index (χ4n) is 3.39. The Morgan fingerprint density at radius 1 is 1.00 bits per heavy atom. The van der Waals surface area contributed by atoms with Crippen LogP contribution >= 0.6 is 0 Å². The van der Waals surface area contributed by atoms with Crippen LogP contribution in [0.5, 0.6) is 0 Å². The summed E-state index contributed by atoms with van der Waals surface area (Å²) in [5.41, 5.74) is 0. The Labute approximate surface area is 112 Å².